The fraction of sp³-hybridized carbons (Fsp3) is 0.250. The first-order valence-corrected chi connectivity index (χ1v) is 9.86. The first kappa shape index (κ1) is 24.3. The van der Waals surface area contributed by atoms with Gasteiger partial charge in [0.2, 0.25) is 11.8 Å². The van der Waals surface area contributed by atoms with E-state index in [9.17, 15) is 9.59 Å². The first-order valence-electron chi connectivity index (χ1n) is 9.86. The molecule has 8 nitrogen and oxygen atoms in total. The van der Waals surface area contributed by atoms with E-state index in [2.05, 4.69) is 10.6 Å². The molecule has 2 aromatic rings. The van der Waals surface area contributed by atoms with Gasteiger partial charge in [0.1, 0.15) is 0 Å². The van der Waals surface area contributed by atoms with Crippen molar-refractivity contribution in [3.05, 3.63) is 59.7 Å². The number of amides is 2. The van der Waals surface area contributed by atoms with Crippen molar-refractivity contribution in [2.24, 2.45) is 0 Å². The van der Waals surface area contributed by atoms with Crippen LogP contribution in [-0.4, -0.2) is 53.3 Å². The van der Waals surface area contributed by atoms with Crippen molar-refractivity contribution in [1.29, 1.82) is 0 Å². The Bertz CT molecular complexity index is 905. The molecule has 8 heteroatoms. The summed E-state index contributed by atoms with van der Waals surface area (Å²) < 4.78 is 20.8. The van der Waals surface area contributed by atoms with Crippen LogP contribution in [0.3, 0.4) is 0 Å². The summed E-state index contributed by atoms with van der Waals surface area (Å²) in [6.07, 6.45) is 6.17. The van der Waals surface area contributed by atoms with Crippen molar-refractivity contribution in [3.8, 4) is 23.0 Å². The van der Waals surface area contributed by atoms with E-state index in [0.29, 0.717) is 36.1 Å². The van der Waals surface area contributed by atoms with Gasteiger partial charge in [-0.2, -0.15) is 0 Å². The van der Waals surface area contributed by atoms with Crippen LogP contribution in [0.2, 0.25) is 0 Å². The molecule has 0 saturated carbocycles. The number of benzene rings is 2. The molecular formula is C24H28N2O6. The molecule has 0 heterocycles. The number of carbonyl (C=O) groups is 2. The number of carbonyl (C=O) groups excluding carboxylic acids is 2. The molecule has 0 saturated heterocycles. The van der Waals surface area contributed by atoms with Crippen molar-refractivity contribution < 1.29 is 28.5 Å². The summed E-state index contributed by atoms with van der Waals surface area (Å²) in [7, 11) is 6.22. The largest absolute Gasteiger partial charge is 0.493 e. The van der Waals surface area contributed by atoms with Crippen molar-refractivity contribution in [3.63, 3.8) is 0 Å². The molecule has 0 aliphatic heterocycles. The summed E-state index contributed by atoms with van der Waals surface area (Å²) in [6, 6.07) is 10.7. The van der Waals surface area contributed by atoms with Gasteiger partial charge in [-0.15, -0.1) is 0 Å². The maximum Gasteiger partial charge on any atom is 0.244 e. The molecule has 0 fully saturated rings. The summed E-state index contributed by atoms with van der Waals surface area (Å²) in [4.78, 5) is 23.9. The van der Waals surface area contributed by atoms with Crippen LogP contribution < -0.4 is 29.6 Å². The Labute approximate surface area is 187 Å². The van der Waals surface area contributed by atoms with Crippen molar-refractivity contribution in [2.45, 2.75) is 0 Å². The number of methoxy groups -OCH3 is 4. The van der Waals surface area contributed by atoms with E-state index in [1.54, 1.807) is 64.9 Å². The minimum atomic E-state index is -0.269. The number of ether oxygens (including phenoxy) is 4. The normalized spacial score (nSPS) is 10.8. The molecule has 0 aromatic heterocycles. The van der Waals surface area contributed by atoms with E-state index in [1.165, 1.54) is 12.2 Å². The highest BCUT2D eigenvalue weighted by Gasteiger charge is 2.04. The molecule has 0 unspecified atom stereocenters. The lowest BCUT2D eigenvalue weighted by atomic mass is 10.2. The van der Waals surface area contributed by atoms with E-state index < -0.39 is 0 Å². The molecule has 32 heavy (non-hydrogen) atoms. The lowest BCUT2D eigenvalue weighted by Crippen LogP contribution is -2.33. The second-order valence-corrected chi connectivity index (χ2v) is 6.48. The Morgan fingerprint density at radius 2 is 1.03 bits per heavy atom. The summed E-state index contributed by atoms with van der Waals surface area (Å²) in [6.45, 7) is 0.593. The van der Waals surface area contributed by atoms with E-state index in [1.807, 2.05) is 12.1 Å². The van der Waals surface area contributed by atoms with Crippen LogP contribution in [0.4, 0.5) is 0 Å². The summed E-state index contributed by atoms with van der Waals surface area (Å²) in [5.74, 6) is 1.86. The van der Waals surface area contributed by atoms with Crippen molar-refractivity contribution in [2.75, 3.05) is 41.5 Å². The van der Waals surface area contributed by atoms with Crippen LogP contribution in [0.1, 0.15) is 11.1 Å². The molecule has 0 aliphatic rings. The quantitative estimate of drug-likeness (QED) is 0.412. The van der Waals surface area contributed by atoms with Crippen LogP contribution in [0, 0.1) is 0 Å². The van der Waals surface area contributed by atoms with Crippen LogP contribution in [-0.2, 0) is 9.59 Å². The monoisotopic (exact) mass is 440 g/mol. The van der Waals surface area contributed by atoms with Crippen LogP contribution in [0.5, 0.6) is 23.0 Å². The molecule has 0 atom stereocenters. The molecule has 2 aromatic carbocycles. The zero-order valence-electron chi connectivity index (χ0n) is 18.6. The lowest BCUT2D eigenvalue weighted by Gasteiger charge is -2.08. The third-order valence-electron chi connectivity index (χ3n) is 4.39. The van der Waals surface area contributed by atoms with Gasteiger partial charge in [0.15, 0.2) is 23.0 Å². The highest BCUT2D eigenvalue weighted by molar-refractivity contribution is 5.92. The number of hydrogen-bond donors (Lipinski definition) is 2. The molecule has 2 rings (SSSR count). The summed E-state index contributed by atoms with van der Waals surface area (Å²) in [5, 5.41) is 5.42. The maximum atomic E-state index is 12.0. The highest BCUT2D eigenvalue weighted by Crippen LogP contribution is 2.28. The molecular weight excluding hydrogens is 412 g/mol. The minimum absolute atomic E-state index is 0.269. The Morgan fingerprint density at radius 3 is 1.38 bits per heavy atom. The predicted molar refractivity (Wildman–Crippen MR) is 123 cm³/mol. The van der Waals surface area contributed by atoms with Crippen molar-refractivity contribution >= 4 is 24.0 Å². The van der Waals surface area contributed by atoms with Gasteiger partial charge in [-0.05, 0) is 47.5 Å². The molecule has 0 radical (unpaired) electrons. The van der Waals surface area contributed by atoms with Gasteiger partial charge in [0, 0.05) is 25.2 Å². The minimum Gasteiger partial charge on any atom is -0.493 e. The molecule has 0 bridgehead atoms. The lowest BCUT2D eigenvalue weighted by molar-refractivity contribution is -0.118. The Balaban J connectivity index is 1.76. The van der Waals surface area contributed by atoms with Gasteiger partial charge in [0.05, 0.1) is 28.4 Å². The number of rotatable bonds is 11. The van der Waals surface area contributed by atoms with E-state index in [4.69, 9.17) is 18.9 Å². The Hall–Kier alpha value is -3.94. The zero-order valence-corrected chi connectivity index (χ0v) is 18.6. The average Bonchev–Trinajstić information content (AvgIpc) is 2.83. The Morgan fingerprint density at radius 1 is 0.656 bits per heavy atom. The standard InChI is InChI=1S/C24H28N2O6/c1-29-19-9-5-17(15-21(19)31-3)7-11-23(27)25-13-14-26-24(28)12-8-18-6-10-20(30-2)22(16-18)32-4/h5-12,15-16H,13-14H2,1-4H3,(H,25,27)(H,26,28). The van der Waals surface area contributed by atoms with E-state index in [0.717, 1.165) is 11.1 Å². The van der Waals surface area contributed by atoms with Gasteiger partial charge < -0.3 is 29.6 Å². The van der Waals surface area contributed by atoms with Crippen molar-refractivity contribution in [1.82, 2.24) is 10.6 Å². The molecule has 2 amide bonds. The maximum absolute atomic E-state index is 12.0. The van der Waals surface area contributed by atoms with Gasteiger partial charge in [-0.1, -0.05) is 12.1 Å². The van der Waals surface area contributed by atoms with E-state index >= 15 is 0 Å². The average molecular weight is 440 g/mol. The zero-order chi connectivity index (χ0) is 23.3. The predicted octanol–water partition coefficient (Wildman–Crippen LogP) is 2.68. The first-order chi connectivity index (χ1) is 15.5. The van der Waals surface area contributed by atoms with Crippen LogP contribution in [0.15, 0.2) is 48.6 Å². The topological polar surface area (TPSA) is 95.1 Å². The second-order valence-electron chi connectivity index (χ2n) is 6.48. The fourth-order valence-electron chi connectivity index (χ4n) is 2.75. The second kappa shape index (κ2) is 12.7. The summed E-state index contributed by atoms with van der Waals surface area (Å²) in [5.41, 5.74) is 1.60. The van der Waals surface area contributed by atoms with Gasteiger partial charge >= 0.3 is 0 Å². The number of hydrogen-bond acceptors (Lipinski definition) is 6. The Kier molecular flexibility index (Phi) is 9.65. The molecule has 2 N–H and O–H groups in total. The van der Waals surface area contributed by atoms with Crippen LogP contribution >= 0.6 is 0 Å². The fourth-order valence-corrected chi connectivity index (χ4v) is 2.75. The van der Waals surface area contributed by atoms with Crippen LogP contribution in [0.25, 0.3) is 12.2 Å². The third kappa shape index (κ3) is 7.39. The summed E-state index contributed by atoms with van der Waals surface area (Å²) >= 11 is 0. The van der Waals surface area contributed by atoms with Gasteiger partial charge in [-0.25, -0.2) is 0 Å². The third-order valence-corrected chi connectivity index (χ3v) is 4.39. The van der Waals surface area contributed by atoms with Gasteiger partial charge in [0.25, 0.3) is 0 Å². The molecule has 0 spiro atoms. The molecule has 170 valence electrons. The molecule has 0 aliphatic carbocycles. The van der Waals surface area contributed by atoms with E-state index in [-0.39, 0.29) is 11.8 Å². The van der Waals surface area contributed by atoms with Gasteiger partial charge in [-0.3, -0.25) is 9.59 Å². The smallest absolute Gasteiger partial charge is 0.244 e. The number of nitrogens with one attached hydrogen (secondary N) is 2. The SMILES string of the molecule is COc1ccc(C=CC(=O)NCCNC(=O)C=Cc2ccc(OC)c(OC)c2)cc1OC. The highest BCUT2D eigenvalue weighted by atomic mass is 16.5.